The molecule has 0 aliphatic heterocycles. The first-order valence-corrected chi connectivity index (χ1v) is 10.3. The van der Waals surface area contributed by atoms with Crippen LogP contribution in [0.2, 0.25) is 5.02 Å². The number of anilines is 2. The van der Waals surface area contributed by atoms with Crippen LogP contribution < -0.4 is 10.6 Å². The van der Waals surface area contributed by atoms with Crippen molar-refractivity contribution in [3.63, 3.8) is 0 Å². The molecule has 0 unspecified atom stereocenters. The molecule has 6 nitrogen and oxygen atoms in total. The van der Waals surface area contributed by atoms with Gasteiger partial charge in [0.05, 0.1) is 12.3 Å². The van der Waals surface area contributed by atoms with Crippen molar-refractivity contribution in [2.75, 3.05) is 16.4 Å². The Labute approximate surface area is 173 Å². The monoisotopic (exact) mass is 415 g/mol. The molecule has 0 saturated carbocycles. The lowest BCUT2D eigenvalue weighted by molar-refractivity contribution is -0.113. The summed E-state index contributed by atoms with van der Waals surface area (Å²) in [5.41, 5.74) is 2.93. The molecule has 2 N–H and O–H groups in total. The van der Waals surface area contributed by atoms with E-state index in [0.717, 1.165) is 23.2 Å². The van der Waals surface area contributed by atoms with E-state index in [9.17, 15) is 4.79 Å². The predicted octanol–water partition coefficient (Wildman–Crippen LogP) is 4.60. The first kappa shape index (κ1) is 20.2. The number of rotatable bonds is 8. The highest BCUT2D eigenvalue weighted by molar-refractivity contribution is 7.99. The quantitative estimate of drug-likeness (QED) is 0.526. The fourth-order valence-corrected chi connectivity index (χ4v) is 3.63. The van der Waals surface area contributed by atoms with E-state index in [1.54, 1.807) is 24.3 Å². The van der Waals surface area contributed by atoms with E-state index < -0.39 is 0 Å². The maximum atomic E-state index is 12.2. The molecule has 0 bridgehead atoms. The number of halogens is 1. The Kier molecular flexibility index (Phi) is 6.95. The molecule has 1 amide bonds. The number of nitrogens with zero attached hydrogens (tertiary/aromatic N) is 3. The van der Waals surface area contributed by atoms with Crippen molar-refractivity contribution < 1.29 is 4.79 Å². The highest BCUT2D eigenvalue weighted by atomic mass is 35.5. The zero-order valence-electron chi connectivity index (χ0n) is 15.8. The molecule has 3 aromatic rings. The highest BCUT2D eigenvalue weighted by Crippen LogP contribution is 2.20. The normalized spacial score (nSPS) is 10.7. The Hall–Kier alpha value is -2.51. The largest absolute Gasteiger partial charge is 0.378 e. The van der Waals surface area contributed by atoms with Gasteiger partial charge in [-0.25, -0.2) is 0 Å². The van der Waals surface area contributed by atoms with E-state index in [0.29, 0.717) is 17.3 Å². The van der Waals surface area contributed by atoms with Crippen LogP contribution in [0.25, 0.3) is 0 Å². The van der Waals surface area contributed by atoms with Crippen molar-refractivity contribution in [1.29, 1.82) is 0 Å². The smallest absolute Gasteiger partial charge is 0.234 e. The fourth-order valence-electron chi connectivity index (χ4n) is 2.62. The maximum absolute atomic E-state index is 12.2. The second-order valence-electron chi connectivity index (χ2n) is 6.21. The molecule has 0 atom stereocenters. The van der Waals surface area contributed by atoms with Crippen LogP contribution in [0.1, 0.15) is 18.3 Å². The SMILES string of the molecule is CCn1c(CNc2ccc(C)cc2)nnc1SCC(=O)Nc1cccc(Cl)c1. The Balaban J connectivity index is 1.57. The van der Waals surface area contributed by atoms with Crippen LogP contribution >= 0.6 is 23.4 Å². The zero-order chi connectivity index (χ0) is 19.9. The number of aryl methyl sites for hydroxylation is 1. The van der Waals surface area contributed by atoms with Gasteiger partial charge in [-0.3, -0.25) is 4.79 Å². The van der Waals surface area contributed by atoms with Crippen LogP contribution in [-0.4, -0.2) is 26.4 Å². The first-order chi connectivity index (χ1) is 13.5. The third-order valence-electron chi connectivity index (χ3n) is 4.05. The Morgan fingerprint density at radius 1 is 1.14 bits per heavy atom. The van der Waals surface area contributed by atoms with Crippen LogP contribution in [0.3, 0.4) is 0 Å². The van der Waals surface area contributed by atoms with Crippen LogP contribution in [0.15, 0.2) is 53.7 Å². The molecule has 0 aliphatic rings. The van der Waals surface area contributed by atoms with Gasteiger partial charge in [0.1, 0.15) is 0 Å². The van der Waals surface area contributed by atoms with E-state index in [1.165, 1.54) is 17.3 Å². The number of amides is 1. The van der Waals surface area contributed by atoms with Gasteiger partial charge in [0.15, 0.2) is 11.0 Å². The van der Waals surface area contributed by atoms with Gasteiger partial charge < -0.3 is 15.2 Å². The molecule has 146 valence electrons. The van der Waals surface area contributed by atoms with E-state index in [4.69, 9.17) is 11.6 Å². The molecule has 1 aromatic heterocycles. The molecule has 3 rings (SSSR count). The third kappa shape index (κ3) is 5.50. The summed E-state index contributed by atoms with van der Waals surface area (Å²) in [6.45, 7) is 5.40. The number of thioether (sulfide) groups is 1. The Morgan fingerprint density at radius 3 is 2.64 bits per heavy atom. The van der Waals surface area contributed by atoms with Crippen molar-refractivity contribution in [2.24, 2.45) is 0 Å². The summed E-state index contributed by atoms with van der Waals surface area (Å²) in [6.07, 6.45) is 0. The van der Waals surface area contributed by atoms with Crippen LogP contribution in [0.4, 0.5) is 11.4 Å². The lowest BCUT2D eigenvalue weighted by Crippen LogP contribution is -2.15. The van der Waals surface area contributed by atoms with Crippen molar-refractivity contribution >= 4 is 40.6 Å². The number of carbonyl (C=O) groups is 1. The minimum Gasteiger partial charge on any atom is -0.378 e. The molecular weight excluding hydrogens is 394 g/mol. The van der Waals surface area contributed by atoms with E-state index >= 15 is 0 Å². The molecule has 28 heavy (non-hydrogen) atoms. The number of benzene rings is 2. The summed E-state index contributed by atoms with van der Waals surface area (Å²) >= 11 is 7.31. The van der Waals surface area contributed by atoms with E-state index in [-0.39, 0.29) is 11.7 Å². The summed E-state index contributed by atoms with van der Waals surface area (Å²) in [6, 6.07) is 15.3. The summed E-state index contributed by atoms with van der Waals surface area (Å²) in [5.74, 6) is 0.967. The molecule has 0 saturated heterocycles. The number of aromatic nitrogens is 3. The summed E-state index contributed by atoms with van der Waals surface area (Å²) < 4.78 is 2.01. The van der Waals surface area contributed by atoms with Gasteiger partial charge in [0, 0.05) is 22.9 Å². The second-order valence-corrected chi connectivity index (χ2v) is 7.59. The van der Waals surface area contributed by atoms with Crippen molar-refractivity contribution in [3.05, 3.63) is 64.9 Å². The van der Waals surface area contributed by atoms with Gasteiger partial charge in [-0.05, 0) is 44.2 Å². The van der Waals surface area contributed by atoms with Gasteiger partial charge in [0.25, 0.3) is 0 Å². The third-order valence-corrected chi connectivity index (χ3v) is 5.25. The van der Waals surface area contributed by atoms with Gasteiger partial charge in [-0.15, -0.1) is 10.2 Å². The summed E-state index contributed by atoms with van der Waals surface area (Å²) in [7, 11) is 0. The topological polar surface area (TPSA) is 71.8 Å². The van der Waals surface area contributed by atoms with Gasteiger partial charge in [-0.2, -0.15) is 0 Å². The summed E-state index contributed by atoms with van der Waals surface area (Å²) in [4.78, 5) is 12.2. The van der Waals surface area contributed by atoms with Crippen LogP contribution in [-0.2, 0) is 17.9 Å². The first-order valence-electron chi connectivity index (χ1n) is 8.96. The van der Waals surface area contributed by atoms with Gasteiger partial charge in [0.2, 0.25) is 5.91 Å². The molecule has 8 heteroatoms. The molecule has 0 spiro atoms. The standard InChI is InChI=1S/C20H22ClN5OS/c1-3-26-18(12-22-16-9-7-14(2)8-10-16)24-25-20(26)28-13-19(27)23-17-6-4-5-15(21)11-17/h4-11,22H,3,12-13H2,1-2H3,(H,23,27). The zero-order valence-corrected chi connectivity index (χ0v) is 17.3. The minimum absolute atomic E-state index is 0.114. The maximum Gasteiger partial charge on any atom is 0.234 e. The van der Waals surface area contributed by atoms with E-state index in [1.807, 2.05) is 23.6 Å². The molecule has 1 heterocycles. The Bertz CT molecular complexity index is 942. The number of carbonyl (C=O) groups excluding carboxylic acids is 1. The number of hydrogen-bond acceptors (Lipinski definition) is 5. The fraction of sp³-hybridized carbons (Fsp3) is 0.250. The predicted molar refractivity (Wildman–Crippen MR) is 115 cm³/mol. The van der Waals surface area contributed by atoms with Crippen molar-refractivity contribution in [3.8, 4) is 0 Å². The molecule has 0 aliphatic carbocycles. The van der Waals surface area contributed by atoms with Gasteiger partial charge in [-0.1, -0.05) is 47.1 Å². The molecule has 0 fully saturated rings. The second kappa shape index (κ2) is 9.61. The summed E-state index contributed by atoms with van der Waals surface area (Å²) in [5, 5.41) is 16.0. The molecule has 0 radical (unpaired) electrons. The Morgan fingerprint density at radius 2 is 1.93 bits per heavy atom. The molecule has 2 aromatic carbocycles. The highest BCUT2D eigenvalue weighted by Gasteiger charge is 2.13. The lowest BCUT2D eigenvalue weighted by Gasteiger charge is -2.09. The average molecular weight is 416 g/mol. The number of hydrogen-bond donors (Lipinski definition) is 2. The molecular formula is C20H22ClN5OS. The average Bonchev–Trinajstić information content (AvgIpc) is 3.08. The van der Waals surface area contributed by atoms with Crippen molar-refractivity contribution in [2.45, 2.75) is 32.1 Å². The number of nitrogens with one attached hydrogen (secondary N) is 2. The van der Waals surface area contributed by atoms with Crippen molar-refractivity contribution in [1.82, 2.24) is 14.8 Å². The minimum atomic E-state index is -0.114. The lowest BCUT2D eigenvalue weighted by atomic mass is 10.2. The van der Waals surface area contributed by atoms with Gasteiger partial charge >= 0.3 is 0 Å². The van der Waals surface area contributed by atoms with Crippen LogP contribution in [0, 0.1) is 6.92 Å². The van der Waals surface area contributed by atoms with Crippen LogP contribution in [0.5, 0.6) is 0 Å². The van der Waals surface area contributed by atoms with E-state index in [2.05, 4.69) is 39.9 Å².